The first-order valence-corrected chi connectivity index (χ1v) is 27.8. The number of nitrogens with zero attached hydrogens (tertiary/aromatic N) is 12. The average molecular weight is 2990 g/mol. The number of hydrazine groups is 2. The number of nitrogens with two attached hydrogens (primary N) is 4. The third-order valence-electron chi connectivity index (χ3n) is 10.3. The van der Waals surface area contributed by atoms with Gasteiger partial charge >= 0.3 is 6.01 Å². The van der Waals surface area contributed by atoms with Crippen molar-refractivity contribution in [2.24, 2.45) is 17.5 Å². The summed E-state index contributed by atoms with van der Waals surface area (Å²) in [6.45, 7) is 20.7. The fourth-order valence-corrected chi connectivity index (χ4v) is 7.04. The van der Waals surface area contributed by atoms with Gasteiger partial charge in [0.05, 0.1) is 13.4 Å². The number of aromatic nitrogens is 8. The van der Waals surface area contributed by atoms with Gasteiger partial charge in [0.1, 0.15) is 6.54 Å². The standard InChI is InChI=1S/C18H16N3O.C17H13N6O.C17H16N5.C3H7I.3C2H6.CN.2CH4.H4N2.8W.3Y/c1-22-13-5-12-21(15-6-3-2-4-7-15)16-8-9-17-18(14-16)20-11-10-19-17;18-17-22-21-16(24-17)11-23(12-4-2-1-3-5-12)13-6-7-14-15(10-13)20-9-8-19-14;18-21-9-4-12-22(14-5-2-1-3-6-14)15-7-8-16-17(13-15)20-11-10-19-16;1-2-3-4;4*1-2;;;1-2;;;;;;;;;;;/h2-10,13-14H,12H2,1H3;1-8,10H,11H2,(H2,18,22);1-10,13,21H,12,18H2;2-3H2,1H3;3*1-2H3;;2*1H4;1-2H2;;;;;;;;;;;/q3*-1;;;;;-1;;;;;;;;;;;;;;. The van der Waals surface area contributed by atoms with Crippen LogP contribution in [0.15, 0.2) is 193 Å². The Balaban J connectivity index is -0.0000000933. The van der Waals surface area contributed by atoms with Gasteiger partial charge in [0.15, 0.2) is 0 Å². The van der Waals surface area contributed by atoms with Crippen molar-refractivity contribution in [3.8, 4) is 0 Å². The fraction of sp³-hybridized carbons (Fsp3) is 0.234. The number of hydrogen-bond donors (Lipinski definition) is 5. The number of alkyl halides is 1. The molecule has 4 aromatic heterocycles. The van der Waals surface area contributed by atoms with Crippen molar-refractivity contribution < 1.29 is 276 Å². The van der Waals surface area contributed by atoms with E-state index in [-0.39, 0.29) is 288 Å². The average Bonchev–Trinajstić information content (AvgIpc) is 1.82. The second-order valence-electron chi connectivity index (χ2n) is 15.2. The van der Waals surface area contributed by atoms with Crippen molar-refractivity contribution in [1.82, 2.24) is 45.5 Å². The van der Waals surface area contributed by atoms with Gasteiger partial charge in [-0.3, -0.25) is 32.5 Å². The Hall–Kier alpha value is -0.322. The number of hydrogen-bond acceptors (Lipinski definition) is 19. The number of methoxy groups -OCH3 is 1. The minimum Gasteiger partial charge on any atom is -0.512 e. The number of nitrogen functional groups attached to an aromatic ring is 1. The van der Waals surface area contributed by atoms with Crippen LogP contribution in [0.3, 0.4) is 0 Å². The van der Waals surface area contributed by atoms with Gasteiger partial charge in [0, 0.05) is 337 Å². The molecule has 10 aromatic rings. The number of benzene rings is 6. The first-order valence-electron chi connectivity index (χ1n) is 26.3. The molecule has 0 unspecified atom stereocenters. The maximum Gasteiger partial charge on any atom is 0.312 e. The van der Waals surface area contributed by atoms with Crippen molar-refractivity contribution in [3.63, 3.8) is 0 Å². The molecule has 0 amide bonds. The van der Waals surface area contributed by atoms with E-state index in [2.05, 4.69) is 139 Å². The number of nitrogens with one attached hydrogen (secondary N) is 1. The van der Waals surface area contributed by atoms with Gasteiger partial charge in [-0.25, -0.2) is 0 Å². The summed E-state index contributed by atoms with van der Waals surface area (Å²) < 4.78 is 11.6. The number of halogens is 1. The quantitative estimate of drug-likeness (QED) is 0.0159. The molecule has 0 saturated carbocycles. The Morgan fingerprint density at radius 1 is 0.516 bits per heavy atom. The monoisotopic (exact) mass is 2990 g/mol. The number of fused-ring (bicyclic) bond motifs is 3. The fourth-order valence-electron chi connectivity index (χ4n) is 7.04. The SMILES string of the molecule is C.C.CC.CC.CC.CCCI.COC=CCN(c1ccccc1)c1ccc2nc[c-]nc2c1.NN.NNC=CCN(c1ccccc1)c1ccc2nc[c-]nc2c1.Nc1nnc(CN(c2ccccc2)c2ccc3nc[c-]nc3c2)o1.[C-]#N.[W].[W].[W].[W].[W].[W].[W].[W].[Y].[Y].[Y]. The molecule has 0 aliphatic rings. The largest absolute Gasteiger partial charge is 0.512 e. The van der Waals surface area contributed by atoms with E-state index in [1.807, 2.05) is 180 Å². The van der Waals surface area contributed by atoms with Gasteiger partial charge in [0.25, 0.3) is 0 Å². The van der Waals surface area contributed by atoms with Gasteiger partial charge in [0.2, 0.25) is 5.89 Å². The van der Waals surface area contributed by atoms with E-state index < -0.39 is 0 Å². The molecule has 31 heteroatoms. The summed E-state index contributed by atoms with van der Waals surface area (Å²) in [5, 5.41) is 13.9. The molecule has 0 aliphatic carbocycles. The molecule has 3 radical (unpaired) electrons. The Kier molecular flexibility index (Phi) is 102. The summed E-state index contributed by atoms with van der Waals surface area (Å²) >= 11 is 2.35. The molecular formula is C64H82IN17O2W8Y3-4. The Morgan fingerprint density at radius 2 is 0.832 bits per heavy atom. The maximum absolute atomic E-state index is 6.25. The third kappa shape index (κ3) is 45.4. The molecule has 0 atom stereocenters. The smallest absolute Gasteiger partial charge is 0.312 e. The number of para-hydroxylation sites is 3. The minimum absolute atomic E-state index is 0. The third-order valence-corrected chi connectivity index (χ3v) is 11.4. The molecule has 95 heavy (non-hydrogen) atoms. The number of anilines is 7. The van der Waals surface area contributed by atoms with Crippen LogP contribution in [0.2, 0.25) is 0 Å². The molecule has 0 fully saturated rings. The molecule has 0 aliphatic heterocycles. The van der Waals surface area contributed by atoms with E-state index >= 15 is 0 Å². The van der Waals surface area contributed by atoms with E-state index in [0.29, 0.717) is 25.5 Å². The predicted molar refractivity (Wildman–Crippen MR) is 356 cm³/mol. The van der Waals surface area contributed by atoms with Crippen molar-refractivity contribution in [2.45, 2.75) is 76.3 Å². The molecule has 0 spiro atoms. The molecule has 4 heterocycles. The summed E-state index contributed by atoms with van der Waals surface area (Å²) in [5.74, 6) is 13.7. The minimum atomic E-state index is 0. The summed E-state index contributed by atoms with van der Waals surface area (Å²) in [6.07, 6.45) is 21.7. The normalized spacial score (nSPS) is 8.40. The molecule has 0 saturated heterocycles. The molecule has 0 bridgehead atoms. The Labute approximate surface area is 768 Å². The number of rotatable bonds is 15. The molecule has 10 rings (SSSR count). The van der Waals surface area contributed by atoms with E-state index in [4.69, 9.17) is 32.6 Å². The first kappa shape index (κ1) is 122. The second kappa shape index (κ2) is 79.4. The van der Waals surface area contributed by atoms with E-state index in [9.17, 15) is 0 Å². The van der Waals surface area contributed by atoms with Crippen LogP contribution in [-0.2, 0) is 278 Å². The van der Waals surface area contributed by atoms with Crippen LogP contribution in [0.5, 0.6) is 0 Å². The Morgan fingerprint density at radius 3 is 1.13 bits per heavy atom. The molecule has 19 nitrogen and oxygen atoms in total. The van der Waals surface area contributed by atoms with Crippen LogP contribution in [0, 0.1) is 30.4 Å². The van der Waals surface area contributed by atoms with Crippen LogP contribution in [0.4, 0.5) is 40.1 Å². The second-order valence-corrected chi connectivity index (χ2v) is 16.3. The van der Waals surface area contributed by atoms with Gasteiger partial charge in [-0.2, -0.15) is 0 Å². The molecule has 6 aromatic carbocycles. The van der Waals surface area contributed by atoms with Gasteiger partial charge in [-0.05, 0) is 96.2 Å². The number of ether oxygens (including phenoxy) is 1. The maximum atomic E-state index is 6.25. The predicted octanol–water partition coefficient (Wildman–Crippen LogP) is 14.1. The summed E-state index contributed by atoms with van der Waals surface area (Å²) in [6, 6.07) is 48.2. The van der Waals surface area contributed by atoms with E-state index in [1.165, 1.54) is 10.8 Å². The first-order chi connectivity index (χ1) is 40.5. The van der Waals surface area contributed by atoms with E-state index in [1.54, 1.807) is 38.2 Å². The van der Waals surface area contributed by atoms with Gasteiger partial charge in [-0.15, -0.1) is 23.7 Å². The molecular weight excluding hydrogens is 2900 g/mol. The van der Waals surface area contributed by atoms with Crippen LogP contribution < -0.4 is 43.4 Å². The summed E-state index contributed by atoms with van der Waals surface area (Å²) in [7, 11) is 1.64. The molecule has 503 valence electrons. The van der Waals surface area contributed by atoms with Crippen LogP contribution in [0.25, 0.3) is 33.1 Å². The zero-order chi connectivity index (χ0) is 60.2. The van der Waals surface area contributed by atoms with Crippen LogP contribution in [-0.4, -0.2) is 64.7 Å². The van der Waals surface area contributed by atoms with Gasteiger partial charge < -0.3 is 61.8 Å². The van der Waals surface area contributed by atoms with Crippen molar-refractivity contribution in [2.75, 3.05) is 45.1 Å². The Bertz CT molecular complexity index is 3220. The van der Waals surface area contributed by atoms with Crippen molar-refractivity contribution in [1.29, 1.82) is 5.26 Å². The summed E-state index contributed by atoms with van der Waals surface area (Å²) in [4.78, 5) is 31.9. The topological polar surface area (TPSA) is 275 Å². The van der Waals surface area contributed by atoms with Crippen molar-refractivity contribution in [3.05, 3.63) is 220 Å². The molecule has 9 N–H and O–H groups in total. The van der Waals surface area contributed by atoms with Gasteiger partial charge in [-0.1, -0.05) is 199 Å². The zero-order valence-corrected chi connectivity index (χ0v) is 86.9. The van der Waals surface area contributed by atoms with E-state index in [0.717, 1.165) is 67.2 Å². The summed E-state index contributed by atoms with van der Waals surface area (Å²) in [5.41, 5.74) is 19.2. The van der Waals surface area contributed by atoms with Crippen LogP contribution >= 0.6 is 22.6 Å². The van der Waals surface area contributed by atoms with Crippen LogP contribution in [0.1, 0.15) is 75.6 Å². The van der Waals surface area contributed by atoms with Crippen molar-refractivity contribution >= 4 is 95.8 Å². The zero-order valence-electron chi connectivity index (χ0n) is 52.8.